The van der Waals surface area contributed by atoms with E-state index in [1.54, 1.807) is 6.33 Å². The third kappa shape index (κ3) is 2.61. The van der Waals surface area contributed by atoms with Gasteiger partial charge in [-0.1, -0.05) is 41.6 Å². The van der Waals surface area contributed by atoms with Gasteiger partial charge in [0.2, 0.25) is 0 Å². The molecular weight excluding hydrogens is 318 g/mol. The summed E-state index contributed by atoms with van der Waals surface area (Å²) in [5, 5.41) is 0.738. The molecule has 0 fully saturated rings. The maximum atomic E-state index is 6.35. The molecule has 4 rings (SSSR count). The lowest BCUT2D eigenvalue weighted by Crippen LogP contribution is -2.04. The quantitative estimate of drug-likeness (QED) is 0.577. The van der Waals surface area contributed by atoms with Gasteiger partial charge in [0.05, 0.1) is 11.0 Å². The Morgan fingerprint density at radius 3 is 2.58 bits per heavy atom. The molecule has 0 saturated heterocycles. The molecule has 0 radical (unpaired) electrons. The van der Waals surface area contributed by atoms with Gasteiger partial charge in [-0.3, -0.25) is 4.57 Å². The van der Waals surface area contributed by atoms with Gasteiger partial charge < -0.3 is 5.73 Å². The molecule has 4 aromatic rings. The Bertz CT molecular complexity index is 1010. The van der Waals surface area contributed by atoms with Crippen LogP contribution in [0.2, 0.25) is 0 Å². The van der Waals surface area contributed by atoms with Crippen LogP contribution in [0.25, 0.3) is 16.9 Å². The Morgan fingerprint density at radius 1 is 0.958 bits per heavy atom. The van der Waals surface area contributed by atoms with E-state index in [9.17, 15) is 0 Å². The van der Waals surface area contributed by atoms with Gasteiger partial charge in [-0.2, -0.15) is 0 Å². The van der Waals surface area contributed by atoms with Crippen molar-refractivity contribution in [2.24, 2.45) is 0 Å². The van der Waals surface area contributed by atoms with Crippen LogP contribution in [0.1, 0.15) is 5.56 Å². The normalized spacial score (nSPS) is 11.0. The van der Waals surface area contributed by atoms with Gasteiger partial charge >= 0.3 is 0 Å². The molecule has 0 amide bonds. The van der Waals surface area contributed by atoms with Crippen molar-refractivity contribution in [1.82, 2.24) is 19.5 Å². The van der Waals surface area contributed by atoms with E-state index in [1.807, 2.05) is 28.8 Å². The minimum absolute atomic E-state index is 0.547. The van der Waals surface area contributed by atoms with Crippen LogP contribution in [-0.4, -0.2) is 19.5 Å². The number of anilines is 1. The van der Waals surface area contributed by atoms with Crippen LogP contribution in [0.4, 0.5) is 5.69 Å². The van der Waals surface area contributed by atoms with Gasteiger partial charge in [-0.25, -0.2) is 15.0 Å². The number of nitrogens with two attached hydrogens (primary N) is 1. The van der Waals surface area contributed by atoms with E-state index >= 15 is 0 Å². The predicted molar refractivity (Wildman–Crippen MR) is 96.4 cm³/mol. The molecule has 0 bridgehead atoms. The molecule has 2 N–H and O–H groups in total. The fourth-order valence-electron chi connectivity index (χ4n) is 2.49. The monoisotopic (exact) mass is 333 g/mol. The predicted octanol–water partition coefficient (Wildman–Crippen LogP) is 3.86. The zero-order chi connectivity index (χ0) is 16.5. The Hall–Kier alpha value is -2.86. The molecule has 0 saturated carbocycles. The van der Waals surface area contributed by atoms with Crippen LogP contribution in [-0.2, 0) is 0 Å². The first-order chi connectivity index (χ1) is 11.7. The highest BCUT2D eigenvalue weighted by Crippen LogP contribution is 2.33. The summed E-state index contributed by atoms with van der Waals surface area (Å²) in [7, 11) is 0. The van der Waals surface area contributed by atoms with Gasteiger partial charge in [-0.05, 0) is 31.2 Å². The van der Waals surface area contributed by atoms with Crippen LogP contribution in [0, 0.1) is 6.92 Å². The Morgan fingerprint density at radius 2 is 1.75 bits per heavy atom. The highest BCUT2D eigenvalue weighted by atomic mass is 32.2. The molecule has 24 heavy (non-hydrogen) atoms. The van der Waals surface area contributed by atoms with Crippen LogP contribution < -0.4 is 5.73 Å². The van der Waals surface area contributed by atoms with Gasteiger partial charge in [0, 0.05) is 4.90 Å². The number of rotatable bonds is 3. The number of imidazole rings is 1. The zero-order valence-corrected chi connectivity index (χ0v) is 13.9. The molecular formula is C18H15N5S. The molecule has 0 unspecified atom stereocenters. The summed E-state index contributed by atoms with van der Waals surface area (Å²) in [6.45, 7) is 2.07. The Labute approximate surface area is 143 Å². The van der Waals surface area contributed by atoms with E-state index in [4.69, 9.17) is 5.73 Å². The second-order valence-electron chi connectivity index (χ2n) is 5.43. The van der Waals surface area contributed by atoms with Crippen LogP contribution >= 0.6 is 11.8 Å². The number of fused-ring (bicyclic) bond motifs is 1. The Kier molecular flexibility index (Phi) is 3.66. The lowest BCUT2D eigenvalue weighted by molar-refractivity contribution is 0.960. The van der Waals surface area contributed by atoms with Gasteiger partial charge in [0.15, 0.2) is 5.82 Å². The number of aryl methyl sites for hydroxylation is 1. The van der Waals surface area contributed by atoms with Gasteiger partial charge in [-0.15, -0.1) is 0 Å². The zero-order valence-electron chi connectivity index (χ0n) is 13.0. The maximum absolute atomic E-state index is 6.35. The van der Waals surface area contributed by atoms with E-state index in [2.05, 4.69) is 46.1 Å². The van der Waals surface area contributed by atoms with E-state index in [1.165, 1.54) is 23.7 Å². The number of nitrogens with zero attached hydrogens (tertiary/aromatic N) is 4. The molecule has 0 aliphatic rings. The average Bonchev–Trinajstić information content (AvgIpc) is 3.03. The van der Waals surface area contributed by atoms with E-state index in [-0.39, 0.29) is 0 Å². The van der Waals surface area contributed by atoms with Crippen molar-refractivity contribution in [2.45, 2.75) is 16.8 Å². The number of para-hydroxylation sites is 2. The van der Waals surface area contributed by atoms with Gasteiger partial charge in [0.1, 0.15) is 23.4 Å². The SMILES string of the molecule is Cc1ccc(Sc2ncnc(-n3cnc4ccccc43)c2N)cc1. The second kappa shape index (κ2) is 5.98. The fraction of sp³-hybridized carbons (Fsp3) is 0.0556. The summed E-state index contributed by atoms with van der Waals surface area (Å²) in [4.78, 5) is 14.2. The second-order valence-corrected chi connectivity index (χ2v) is 6.50. The smallest absolute Gasteiger partial charge is 0.166 e. The standard InChI is InChI=1S/C18H15N5S/c1-12-6-8-13(9-7-12)24-18-16(19)17(20-10-21-18)23-11-22-14-4-2-3-5-15(14)23/h2-11H,19H2,1H3. The summed E-state index contributed by atoms with van der Waals surface area (Å²) >= 11 is 1.53. The van der Waals surface area contributed by atoms with Crippen LogP contribution in [0.5, 0.6) is 0 Å². The van der Waals surface area contributed by atoms with Crippen molar-refractivity contribution >= 4 is 28.5 Å². The molecule has 0 aliphatic heterocycles. The number of hydrogen-bond acceptors (Lipinski definition) is 5. The molecule has 0 spiro atoms. The molecule has 6 heteroatoms. The number of benzene rings is 2. The molecule has 118 valence electrons. The first-order valence-electron chi connectivity index (χ1n) is 7.50. The molecule has 2 heterocycles. The number of nitrogen functional groups attached to an aromatic ring is 1. The van der Waals surface area contributed by atoms with Crippen molar-refractivity contribution in [1.29, 1.82) is 0 Å². The average molecular weight is 333 g/mol. The first-order valence-corrected chi connectivity index (χ1v) is 8.31. The van der Waals surface area contributed by atoms with Crippen LogP contribution in [0.15, 0.2) is 71.1 Å². The summed E-state index contributed by atoms with van der Waals surface area (Å²) < 4.78 is 1.89. The van der Waals surface area contributed by atoms with Crippen molar-refractivity contribution in [2.75, 3.05) is 5.73 Å². The number of aromatic nitrogens is 4. The molecule has 0 aliphatic carbocycles. The summed E-state index contributed by atoms with van der Waals surface area (Å²) in [6.07, 6.45) is 3.28. The van der Waals surface area contributed by atoms with Crippen molar-refractivity contribution < 1.29 is 0 Å². The maximum Gasteiger partial charge on any atom is 0.166 e. The summed E-state index contributed by atoms with van der Waals surface area (Å²) in [5.74, 6) is 0.647. The largest absolute Gasteiger partial charge is 0.393 e. The van der Waals surface area contributed by atoms with Crippen LogP contribution in [0.3, 0.4) is 0 Å². The topological polar surface area (TPSA) is 69.6 Å². The highest BCUT2D eigenvalue weighted by molar-refractivity contribution is 7.99. The van der Waals surface area contributed by atoms with Crippen molar-refractivity contribution in [3.63, 3.8) is 0 Å². The lowest BCUT2D eigenvalue weighted by atomic mass is 10.2. The van der Waals surface area contributed by atoms with Crippen molar-refractivity contribution in [3.8, 4) is 5.82 Å². The number of hydrogen-bond donors (Lipinski definition) is 1. The molecule has 2 aromatic carbocycles. The molecule has 5 nitrogen and oxygen atoms in total. The minimum atomic E-state index is 0.547. The lowest BCUT2D eigenvalue weighted by Gasteiger charge is -2.10. The van der Waals surface area contributed by atoms with E-state index in [0.29, 0.717) is 11.5 Å². The minimum Gasteiger partial charge on any atom is -0.393 e. The third-order valence-electron chi connectivity index (χ3n) is 3.74. The highest BCUT2D eigenvalue weighted by Gasteiger charge is 2.13. The van der Waals surface area contributed by atoms with Crippen molar-refractivity contribution in [3.05, 3.63) is 66.7 Å². The first kappa shape index (κ1) is 14.7. The molecule has 0 atom stereocenters. The molecule has 2 aromatic heterocycles. The Balaban J connectivity index is 1.77. The van der Waals surface area contributed by atoms with E-state index < -0.39 is 0 Å². The van der Waals surface area contributed by atoms with Gasteiger partial charge in [0.25, 0.3) is 0 Å². The third-order valence-corrected chi connectivity index (χ3v) is 4.77. The summed E-state index contributed by atoms with van der Waals surface area (Å²) in [6, 6.07) is 16.2. The summed E-state index contributed by atoms with van der Waals surface area (Å²) in [5.41, 5.74) is 9.99. The fourth-order valence-corrected chi connectivity index (χ4v) is 3.29. The van der Waals surface area contributed by atoms with E-state index in [0.717, 1.165) is 21.0 Å².